The van der Waals surface area contributed by atoms with Crippen molar-refractivity contribution in [2.75, 3.05) is 33.4 Å². The molecule has 1 amide bonds. The van der Waals surface area contributed by atoms with E-state index < -0.39 is 21.7 Å². The van der Waals surface area contributed by atoms with Gasteiger partial charge in [-0.1, -0.05) is 49.4 Å². The number of nitrogens with zero attached hydrogens (tertiary/aromatic N) is 1. The van der Waals surface area contributed by atoms with E-state index in [1.807, 2.05) is 43.3 Å². The van der Waals surface area contributed by atoms with Crippen molar-refractivity contribution in [1.29, 1.82) is 0 Å². The molecule has 1 aliphatic heterocycles. The molecule has 0 aromatic heterocycles. The fourth-order valence-corrected chi connectivity index (χ4v) is 5.70. The lowest BCUT2D eigenvalue weighted by Crippen LogP contribution is -2.54. The number of carbonyl (C=O) groups is 1. The molecule has 2 aromatic rings. The van der Waals surface area contributed by atoms with E-state index in [0.717, 1.165) is 5.56 Å². The molecule has 1 fully saturated rings. The highest BCUT2D eigenvalue weighted by molar-refractivity contribution is 7.87. The summed E-state index contributed by atoms with van der Waals surface area (Å²) in [5.41, 5.74) is 1.13. The van der Waals surface area contributed by atoms with Crippen LogP contribution in [0.2, 0.25) is 0 Å². The summed E-state index contributed by atoms with van der Waals surface area (Å²) in [4.78, 5) is 12.9. The molecule has 3 N–H and O–H groups in total. The molecular weight excluding hydrogens is 442 g/mol. The number of benzene rings is 2. The molecule has 1 unspecified atom stereocenters. The van der Waals surface area contributed by atoms with Crippen LogP contribution in [0.3, 0.4) is 0 Å². The van der Waals surface area contributed by atoms with E-state index in [2.05, 4.69) is 10.0 Å². The Bertz CT molecular complexity index is 1020. The average Bonchev–Trinajstić information content (AvgIpc) is 2.86. The van der Waals surface area contributed by atoms with Crippen LogP contribution in [0.1, 0.15) is 42.1 Å². The predicted octanol–water partition coefficient (Wildman–Crippen LogP) is 2.06. The van der Waals surface area contributed by atoms with Gasteiger partial charge in [-0.25, -0.2) is 0 Å². The van der Waals surface area contributed by atoms with Gasteiger partial charge >= 0.3 is 0 Å². The Balaban J connectivity index is 1.76. The first-order valence-corrected chi connectivity index (χ1v) is 12.6. The Morgan fingerprint density at radius 2 is 1.76 bits per heavy atom. The van der Waals surface area contributed by atoms with E-state index in [9.17, 15) is 18.3 Å². The molecule has 8 nitrogen and oxygen atoms in total. The average molecular weight is 476 g/mol. The van der Waals surface area contributed by atoms with E-state index >= 15 is 0 Å². The Labute approximate surface area is 196 Å². The van der Waals surface area contributed by atoms with Gasteiger partial charge in [0.1, 0.15) is 5.75 Å². The molecule has 0 bridgehead atoms. The third-order valence-corrected chi connectivity index (χ3v) is 8.05. The number of nitrogens with one attached hydrogen (secondary N) is 2. The number of rotatable bonds is 10. The zero-order chi connectivity index (χ0) is 23.9. The SMILES string of the molecule is CCC(CO)NS(=O)(=O)N1CCC(CNC(=O)c2ccccc2OC)(c2ccccc2)CC1. The minimum atomic E-state index is -3.70. The van der Waals surface area contributed by atoms with Crippen molar-refractivity contribution in [2.45, 2.75) is 37.6 Å². The number of aliphatic hydroxyl groups is 1. The fraction of sp³-hybridized carbons (Fsp3) is 0.458. The Kier molecular flexibility index (Phi) is 8.47. The van der Waals surface area contributed by atoms with Crippen molar-refractivity contribution in [3.8, 4) is 5.75 Å². The van der Waals surface area contributed by atoms with E-state index in [0.29, 0.717) is 50.2 Å². The number of para-hydroxylation sites is 1. The number of amides is 1. The maximum absolute atomic E-state index is 12.9. The van der Waals surface area contributed by atoms with E-state index in [-0.39, 0.29) is 12.5 Å². The van der Waals surface area contributed by atoms with Crippen LogP contribution in [0.4, 0.5) is 0 Å². The summed E-state index contributed by atoms with van der Waals surface area (Å²) < 4.78 is 34.9. The summed E-state index contributed by atoms with van der Waals surface area (Å²) in [5, 5.41) is 12.4. The van der Waals surface area contributed by atoms with Crippen LogP contribution in [-0.4, -0.2) is 63.1 Å². The highest BCUT2D eigenvalue weighted by Crippen LogP contribution is 2.36. The van der Waals surface area contributed by atoms with Crippen molar-refractivity contribution in [3.05, 3.63) is 65.7 Å². The minimum Gasteiger partial charge on any atom is -0.496 e. The quantitative estimate of drug-likeness (QED) is 0.488. The predicted molar refractivity (Wildman–Crippen MR) is 127 cm³/mol. The van der Waals surface area contributed by atoms with Crippen molar-refractivity contribution in [3.63, 3.8) is 0 Å². The van der Waals surface area contributed by atoms with Crippen molar-refractivity contribution in [2.24, 2.45) is 0 Å². The molecule has 9 heteroatoms. The molecule has 1 atom stereocenters. The molecule has 1 saturated heterocycles. The van der Waals surface area contributed by atoms with Crippen molar-refractivity contribution < 1.29 is 23.1 Å². The number of hydrogen-bond donors (Lipinski definition) is 3. The summed E-state index contributed by atoms with van der Waals surface area (Å²) in [6.07, 6.45) is 1.62. The second kappa shape index (κ2) is 11.1. The Hall–Kier alpha value is -2.46. The molecule has 180 valence electrons. The van der Waals surface area contributed by atoms with Gasteiger partial charge in [0.15, 0.2) is 0 Å². The first kappa shape index (κ1) is 25.2. The van der Waals surface area contributed by atoms with Gasteiger partial charge in [-0.15, -0.1) is 0 Å². The smallest absolute Gasteiger partial charge is 0.279 e. The van der Waals surface area contributed by atoms with Gasteiger partial charge in [-0.2, -0.15) is 17.4 Å². The van der Waals surface area contributed by atoms with Crippen LogP contribution in [0.15, 0.2) is 54.6 Å². The number of methoxy groups -OCH3 is 1. The third-order valence-electron chi connectivity index (χ3n) is 6.37. The lowest BCUT2D eigenvalue weighted by atomic mass is 9.73. The molecule has 2 aromatic carbocycles. The highest BCUT2D eigenvalue weighted by atomic mass is 32.2. The second-order valence-electron chi connectivity index (χ2n) is 8.34. The van der Waals surface area contributed by atoms with Gasteiger partial charge < -0.3 is 15.2 Å². The van der Waals surface area contributed by atoms with E-state index in [1.54, 1.807) is 18.2 Å². The summed E-state index contributed by atoms with van der Waals surface area (Å²) in [7, 11) is -2.17. The molecule has 0 radical (unpaired) electrons. The number of hydrogen-bond acceptors (Lipinski definition) is 5. The molecule has 1 aliphatic rings. The van der Waals surface area contributed by atoms with Gasteiger partial charge in [0.2, 0.25) is 0 Å². The standard InChI is InChI=1S/C24H33N3O5S/c1-3-20(17-28)26-33(30,31)27-15-13-24(14-16-27,19-9-5-4-6-10-19)18-25-23(29)21-11-7-8-12-22(21)32-2/h4-12,20,26,28H,3,13-18H2,1-2H3,(H,25,29). The maximum Gasteiger partial charge on any atom is 0.279 e. The number of ether oxygens (including phenoxy) is 1. The van der Waals surface area contributed by atoms with Gasteiger partial charge in [0.25, 0.3) is 16.1 Å². The third kappa shape index (κ3) is 5.92. The molecule has 1 heterocycles. The molecule has 0 aliphatic carbocycles. The zero-order valence-corrected chi connectivity index (χ0v) is 20.0. The van der Waals surface area contributed by atoms with Crippen LogP contribution in [-0.2, 0) is 15.6 Å². The van der Waals surface area contributed by atoms with Crippen LogP contribution >= 0.6 is 0 Å². The lowest BCUT2D eigenvalue weighted by Gasteiger charge is -2.42. The van der Waals surface area contributed by atoms with Crippen molar-refractivity contribution >= 4 is 16.1 Å². The van der Waals surface area contributed by atoms with Crippen molar-refractivity contribution in [1.82, 2.24) is 14.3 Å². The van der Waals surface area contributed by atoms with Gasteiger partial charge in [0, 0.05) is 31.1 Å². The summed E-state index contributed by atoms with van der Waals surface area (Å²) in [6.45, 7) is 2.59. The van der Waals surface area contributed by atoms with Crippen LogP contribution in [0.25, 0.3) is 0 Å². The Morgan fingerprint density at radius 3 is 2.36 bits per heavy atom. The zero-order valence-electron chi connectivity index (χ0n) is 19.2. The normalized spacial score (nSPS) is 17.3. The van der Waals surface area contributed by atoms with Crippen LogP contribution in [0, 0.1) is 0 Å². The number of carbonyl (C=O) groups excluding carboxylic acids is 1. The van der Waals surface area contributed by atoms with E-state index in [4.69, 9.17) is 4.74 Å². The summed E-state index contributed by atoms with van der Waals surface area (Å²) in [6, 6.07) is 16.5. The largest absolute Gasteiger partial charge is 0.496 e. The Morgan fingerprint density at radius 1 is 1.12 bits per heavy atom. The van der Waals surface area contributed by atoms with Crippen LogP contribution in [0.5, 0.6) is 5.75 Å². The molecule has 3 rings (SSSR count). The molecule has 0 saturated carbocycles. The first-order valence-electron chi connectivity index (χ1n) is 11.2. The van der Waals surface area contributed by atoms with Gasteiger partial charge in [-0.3, -0.25) is 4.79 Å². The second-order valence-corrected chi connectivity index (χ2v) is 10.0. The summed E-state index contributed by atoms with van der Waals surface area (Å²) in [5.74, 6) is 0.276. The molecular formula is C24H33N3O5S. The molecule has 33 heavy (non-hydrogen) atoms. The number of aliphatic hydroxyl groups excluding tert-OH is 1. The minimum absolute atomic E-state index is 0.229. The molecule has 0 spiro atoms. The monoisotopic (exact) mass is 475 g/mol. The topological polar surface area (TPSA) is 108 Å². The summed E-state index contributed by atoms with van der Waals surface area (Å²) >= 11 is 0. The maximum atomic E-state index is 12.9. The van der Waals surface area contributed by atoms with Gasteiger partial charge in [-0.05, 0) is 37.0 Å². The van der Waals surface area contributed by atoms with Crippen LogP contribution < -0.4 is 14.8 Å². The first-order chi connectivity index (χ1) is 15.8. The lowest BCUT2D eigenvalue weighted by molar-refractivity contribution is 0.0929. The highest BCUT2D eigenvalue weighted by Gasteiger charge is 2.40. The number of piperidine rings is 1. The van der Waals surface area contributed by atoms with Gasteiger partial charge in [0.05, 0.1) is 19.3 Å². The van der Waals surface area contributed by atoms with E-state index in [1.165, 1.54) is 11.4 Å². The fourth-order valence-electron chi connectivity index (χ4n) is 4.23.